The molecule has 0 saturated carbocycles. The van der Waals surface area contributed by atoms with E-state index >= 15 is 0 Å². The van der Waals surface area contributed by atoms with Gasteiger partial charge < -0.3 is 10.1 Å². The number of ether oxygens (including phenoxy) is 1. The second-order valence-corrected chi connectivity index (χ2v) is 7.88. The van der Waals surface area contributed by atoms with Crippen LogP contribution in [0.2, 0.25) is 5.02 Å². The Bertz CT molecular complexity index is 1390. The number of hydrogen-bond acceptors (Lipinski definition) is 5. The van der Waals surface area contributed by atoms with E-state index in [1.54, 1.807) is 0 Å². The molecule has 182 valence electrons. The number of imide groups is 2. The van der Waals surface area contributed by atoms with Gasteiger partial charge in [0.2, 0.25) is 0 Å². The number of nitrogens with one attached hydrogen (secondary N) is 2. The molecule has 3 aromatic carbocycles. The van der Waals surface area contributed by atoms with Crippen LogP contribution in [0.15, 0.2) is 72.3 Å². The van der Waals surface area contributed by atoms with Crippen molar-refractivity contribution in [3.63, 3.8) is 0 Å². The molecule has 0 aliphatic carbocycles. The van der Waals surface area contributed by atoms with Crippen LogP contribution in [0.4, 0.5) is 25.0 Å². The molecule has 8 nitrogen and oxygen atoms in total. The van der Waals surface area contributed by atoms with Gasteiger partial charge in [0.25, 0.3) is 17.7 Å². The average molecular weight is 512 g/mol. The third kappa shape index (κ3) is 5.56. The van der Waals surface area contributed by atoms with E-state index in [1.165, 1.54) is 60.7 Å². The Kier molecular flexibility index (Phi) is 7.07. The molecular weight excluding hydrogens is 496 g/mol. The molecule has 11 heteroatoms. The molecule has 0 radical (unpaired) electrons. The first-order valence-corrected chi connectivity index (χ1v) is 10.7. The fourth-order valence-electron chi connectivity index (χ4n) is 3.25. The van der Waals surface area contributed by atoms with E-state index < -0.39 is 35.4 Å². The Morgan fingerprint density at radius 1 is 0.972 bits per heavy atom. The molecule has 1 saturated heterocycles. The van der Waals surface area contributed by atoms with Crippen molar-refractivity contribution in [2.75, 3.05) is 16.8 Å². The molecule has 1 heterocycles. The van der Waals surface area contributed by atoms with Crippen molar-refractivity contribution in [3.05, 3.63) is 94.5 Å². The number of rotatable bonds is 6. The molecule has 1 fully saturated rings. The smallest absolute Gasteiger partial charge is 0.335 e. The summed E-state index contributed by atoms with van der Waals surface area (Å²) in [6.07, 6.45) is 1.23. The number of urea groups is 1. The van der Waals surface area contributed by atoms with Gasteiger partial charge in [-0.2, -0.15) is 0 Å². The van der Waals surface area contributed by atoms with E-state index in [1.807, 2.05) is 0 Å². The summed E-state index contributed by atoms with van der Waals surface area (Å²) in [6, 6.07) is 13.2. The van der Waals surface area contributed by atoms with Gasteiger partial charge in [-0.25, -0.2) is 18.5 Å². The molecule has 4 rings (SSSR count). The number of hydrogen-bond donors (Lipinski definition) is 2. The number of carbonyl (C=O) groups is 4. The summed E-state index contributed by atoms with van der Waals surface area (Å²) >= 11 is 6.23. The molecule has 0 spiro atoms. The van der Waals surface area contributed by atoms with Crippen LogP contribution in [0.5, 0.6) is 5.75 Å². The standard InChI is InChI=1S/C25H16ClF2N3O5/c26-20-12-14(1-10-21(20)36-13-22(32)29-17-6-2-15(27)3-7-17)11-19-23(33)30-25(35)31(24(19)34)18-8-4-16(28)5-9-18/h1-12H,13H2,(H,29,32)(H,30,33,35)/b19-11+. The minimum Gasteiger partial charge on any atom is -0.482 e. The molecule has 3 aromatic rings. The summed E-state index contributed by atoms with van der Waals surface area (Å²) < 4.78 is 31.6. The van der Waals surface area contributed by atoms with Crippen LogP contribution in [-0.2, 0) is 14.4 Å². The fraction of sp³-hybridized carbons (Fsp3) is 0.0400. The van der Waals surface area contributed by atoms with E-state index in [9.17, 15) is 28.0 Å². The normalized spacial score (nSPS) is 14.6. The number of carbonyl (C=O) groups excluding carboxylic acids is 4. The van der Waals surface area contributed by atoms with Crippen molar-refractivity contribution >= 4 is 52.8 Å². The van der Waals surface area contributed by atoms with Gasteiger partial charge >= 0.3 is 6.03 Å². The summed E-state index contributed by atoms with van der Waals surface area (Å²) in [5, 5.41) is 4.70. The van der Waals surface area contributed by atoms with Crippen LogP contribution in [0, 0.1) is 11.6 Å². The zero-order chi connectivity index (χ0) is 25.8. The number of nitrogens with zero attached hydrogens (tertiary/aromatic N) is 1. The van der Waals surface area contributed by atoms with Crippen LogP contribution in [0.1, 0.15) is 5.56 Å². The van der Waals surface area contributed by atoms with Gasteiger partial charge in [-0.1, -0.05) is 17.7 Å². The van der Waals surface area contributed by atoms with Crippen molar-refractivity contribution in [1.82, 2.24) is 5.32 Å². The molecule has 0 atom stereocenters. The van der Waals surface area contributed by atoms with Crippen LogP contribution in [0.3, 0.4) is 0 Å². The Morgan fingerprint density at radius 3 is 2.25 bits per heavy atom. The molecule has 2 N–H and O–H groups in total. The highest BCUT2D eigenvalue weighted by Crippen LogP contribution is 2.28. The number of anilines is 2. The minimum atomic E-state index is -0.963. The van der Waals surface area contributed by atoms with Gasteiger partial charge in [-0.05, 0) is 72.3 Å². The highest BCUT2D eigenvalue weighted by atomic mass is 35.5. The number of amides is 5. The molecular formula is C25H16ClF2N3O5. The highest BCUT2D eigenvalue weighted by Gasteiger charge is 2.36. The maximum Gasteiger partial charge on any atom is 0.335 e. The largest absolute Gasteiger partial charge is 0.482 e. The Labute approximate surface area is 208 Å². The molecule has 1 aliphatic heterocycles. The monoisotopic (exact) mass is 511 g/mol. The summed E-state index contributed by atoms with van der Waals surface area (Å²) in [5.41, 5.74) is 0.469. The highest BCUT2D eigenvalue weighted by molar-refractivity contribution is 6.39. The van der Waals surface area contributed by atoms with Gasteiger partial charge in [0, 0.05) is 5.69 Å². The number of barbiturate groups is 1. The number of halogens is 3. The first-order valence-electron chi connectivity index (χ1n) is 10.4. The number of benzene rings is 3. The van der Waals surface area contributed by atoms with Gasteiger partial charge in [0.15, 0.2) is 6.61 Å². The molecule has 5 amide bonds. The lowest BCUT2D eigenvalue weighted by atomic mass is 10.1. The third-order valence-electron chi connectivity index (χ3n) is 4.94. The zero-order valence-corrected chi connectivity index (χ0v) is 19.0. The van der Waals surface area contributed by atoms with Crippen LogP contribution < -0.4 is 20.3 Å². The molecule has 0 aromatic heterocycles. The summed E-state index contributed by atoms with van der Waals surface area (Å²) in [5.74, 6) is -3.13. The van der Waals surface area contributed by atoms with E-state index in [0.717, 1.165) is 12.1 Å². The zero-order valence-electron chi connectivity index (χ0n) is 18.3. The minimum absolute atomic E-state index is 0.0815. The SMILES string of the molecule is O=C(COc1ccc(/C=C2\C(=O)NC(=O)N(c3ccc(F)cc3)C2=O)cc1Cl)Nc1ccc(F)cc1. The molecule has 0 unspecified atom stereocenters. The van der Waals surface area contributed by atoms with E-state index in [4.69, 9.17) is 16.3 Å². The van der Waals surface area contributed by atoms with Crippen molar-refractivity contribution in [2.24, 2.45) is 0 Å². The van der Waals surface area contributed by atoms with E-state index in [-0.39, 0.29) is 28.6 Å². The van der Waals surface area contributed by atoms with Crippen LogP contribution >= 0.6 is 11.6 Å². The fourth-order valence-corrected chi connectivity index (χ4v) is 3.49. The first kappa shape index (κ1) is 24.6. The first-order chi connectivity index (χ1) is 17.2. The van der Waals surface area contributed by atoms with Crippen molar-refractivity contribution in [1.29, 1.82) is 0 Å². The predicted molar refractivity (Wildman–Crippen MR) is 127 cm³/mol. The Morgan fingerprint density at radius 2 is 1.61 bits per heavy atom. The lowest BCUT2D eigenvalue weighted by molar-refractivity contribution is -0.122. The van der Waals surface area contributed by atoms with Crippen LogP contribution in [-0.4, -0.2) is 30.4 Å². The Hall–Kier alpha value is -4.57. The van der Waals surface area contributed by atoms with E-state index in [0.29, 0.717) is 16.2 Å². The van der Waals surface area contributed by atoms with Crippen LogP contribution in [0.25, 0.3) is 6.08 Å². The second-order valence-electron chi connectivity index (χ2n) is 7.47. The quantitative estimate of drug-likeness (QED) is 0.379. The third-order valence-corrected chi connectivity index (χ3v) is 5.24. The van der Waals surface area contributed by atoms with Crippen molar-refractivity contribution < 1.29 is 32.7 Å². The van der Waals surface area contributed by atoms with Crippen molar-refractivity contribution in [2.45, 2.75) is 0 Å². The summed E-state index contributed by atoms with van der Waals surface area (Å²) in [7, 11) is 0. The van der Waals surface area contributed by atoms with Gasteiger partial charge in [0.05, 0.1) is 10.7 Å². The topological polar surface area (TPSA) is 105 Å². The second kappa shape index (κ2) is 10.4. The molecule has 0 bridgehead atoms. The maximum atomic E-state index is 13.2. The van der Waals surface area contributed by atoms with E-state index in [2.05, 4.69) is 10.6 Å². The average Bonchev–Trinajstić information content (AvgIpc) is 2.84. The summed E-state index contributed by atoms with van der Waals surface area (Å²) in [6.45, 7) is -0.382. The Balaban J connectivity index is 1.47. The summed E-state index contributed by atoms with van der Waals surface area (Å²) in [4.78, 5) is 50.2. The van der Waals surface area contributed by atoms with Crippen molar-refractivity contribution in [3.8, 4) is 5.75 Å². The van der Waals surface area contributed by atoms with Gasteiger partial charge in [-0.3, -0.25) is 19.7 Å². The van der Waals surface area contributed by atoms with Gasteiger partial charge in [-0.15, -0.1) is 0 Å². The maximum absolute atomic E-state index is 13.2. The van der Waals surface area contributed by atoms with Gasteiger partial charge in [0.1, 0.15) is 23.0 Å². The lowest BCUT2D eigenvalue weighted by Crippen LogP contribution is -2.54. The lowest BCUT2D eigenvalue weighted by Gasteiger charge is -2.26. The molecule has 36 heavy (non-hydrogen) atoms. The molecule has 1 aliphatic rings. The predicted octanol–water partition coefficient (Wildman–Crippen LogP) is 4.30.